The molecule has 2 heterocycles. The van der Waals surface area contributed by atoms with Crippen molar-refractivity contribution in [1.29, 1.82) is 0 Å². The Bertz CT molecular complexity index is 1640. The SMILES string of the molecule is NC(=O)OCc1cccc(-n2nc(C(F)(F)F)cc2C(=O)Nc2cc(C(N)(CCC3CC3)c3cccnc3)ccc2F)c1. The maximum atomic E-state index is 15.1. The Hall–Kier alpha value is -4.78. The van der Waals surface area contributed by atoms with Gasteiger partial charge in [0.05, 0.1) is 16.9 Å². The van der Waals surface area contributed by atoms with Gasteiger partial charge in [-0.2, -0.15) is 18.3 Å². The van der Waals surface area contributed by atoms with Crippen LogP contribution < -0.4 is 16.8 Å². The number of amides is 2. The molecule has 5 rings (SSSR count). The van der Waals surface area contributed by atoms with Gasteiger partial charge >= 0.3 is 12.3 Å². The molecule has 2 aromatic heterocycles. The van der Waals surface area contributed by atoms with Crippen LogP contribution in [0.4, 0.5) is 28.0 Å². The molecule has 2 aromatic carbocycles. The molecule has 1 atom stereocenters. The maximum absolute atomic E-state index is 15.1. The van der Waals surface area contributed by atoms with E-state index in [1.165, 1.54) is 30.3 Å². The number of carbonyl (C=O) groups excluding carboxylic acids is 2. The number of benzene rings is 2. The highest BCUT2D eigenvalue weighted by molar-refractivity contribution is 6.03. The van der Waals surface area contributed by atoms with Crippen LogP contribution in [-0.2, 0) is 23.1 Å². The maximum Gasteiger partial charge on any atom is 0.435 e. The monoisotopic (exact) mass is 596 g/mol. The van der Waals surface area contributed by atoms with Crippen molar-refractivity contribution in [3.63, 3.8) is 0 Å². The number of hydrogen-bond donors (Lipinski definition) is 3. The van der Waals surface area contributed by atoms with Gasteiger partial charge in [0.15, 0.2) is 5.69 Å². The first-order valence-corrected chi connectivity index (χ1v) is 13.4. The Morgan fingerprint density at radius 1 is 1.05 bits per heavy atom. The van der Waals surface area contributed by atoms with Crippen molar-refractivity contribution in [3.8, 4) is 5.69 Å². The Balaban J connectivity index is 1.49. The van der Waals surface area contributed by atoms with Crippen molar-refractivity contribution in [2.45, 2.75) is 44.0 Å². The highest BCUT2D eigenvalue weighted by Crippen LogP contribution is 2.40. The van der Waals surface area contributed by atoms with Crippen LogP contribution in [0.1, 0.15) is 58.6 Å². The Labute approximate surface area is 243 Å². The second-order valence-corrected chi connectivity index (χ2v) is 10.4. The first kappa shape index (κ1) is 29.7. The van der Waals surface area contributed by atoms with Gasteiger partial charge in [-0.25, -0.2) is 13.9 Å². The molecule has 1 unspecified atom stereocenters. The predicted octanol–water partition coefficient (Wildman–Crippen LogP) is 5.67. The van der Waals surface area contributed by atoms with Crippen molar-refractivity contribution in [1.82, 2.24) is 14.8 Å². The van der Waals surface area contributed by atoms with Gasteiger partial charge in [-0.15, -0.1) is 0 Å². The van der Waals surface area contributed by atoms with Crippen molar-refractivity contribution in [2.24, 2.45) is 17.4 Å². The summed E-state index contributed by atoms with van der Waals surface area (Å²) in [5.74, 6) is -1.29. The summed E-state index contributed by atoms with van der Waals surface area (Å²) >= 11 is 0. The predicted molar refractivity (Wildman–Crippen MR) is 148 cm³/mol. The standard InChI is InChI=1S/C30H28F4N6O3/c31-23-9-8-20(29(36,11-10-18-6-7-18)21-4-2-12-37-16-21)14-24(23)38-27(41)25-15-26(30(32,33)34)39-40(25)22-5-1-3-19(13-22)17-43-28(35)42/h1-5,8-9,12-16,18H,6-7,10-11,17,36H2,(H2,35,42)(H,38,41). The second kappa shape index (κ2) is 11.8. The molecule has 9 nitrogen and oxygen atoms in total. The molecule has 0 radical (unpaired) electrons. The number of anilines is 1. The number of ether oxygens (including phenoxy) is 1. The van der Waals surface area contributed by atoms with E-state index in [0.717, 1.165) is 30.0 Å². The molecule has 4 aromatic rings. The number of carbonyl (C=O) groups is 2. The van der Waals surface area contributed by atoms with E-state index < -0.39 is 40.9 Å². The van der Waals surface area contributed by atoms with Gasteiger partial charge in [-0.1, -0.05) is 37.1 Å². The van der Waals surface area contributed by atoms with Crippen LogP contribution in [0.3, 0.4) is 0 Å². The normalized spacial score (nSPS) is 14.6. The number of nitrogens with zero attached hydrogens (tertiary/aromatic N) is 3. The minimum absolute atomic E-state index is 0.0677. The summed E-state index contributed by atoms with van der Waals surface area (Å²) in [5.41, 5.74) is 10.4. The van der Waals surface area contributed by atoms with Gasteiger partial charge in [0.2, 0.25) is 0 Å². The molecule has 0 aliphatic heterocycles. The lowest BCUT2D eigenvalue weighted by Crippen LogP contribution is -2.38. The van der Waals surface area contributed by atoms with Crippen LogP contribution >= 0.6 is 0 Å². The zero-order valence-electron chi connectivity index (χ0n) is 22.8. The van der Waals surface area contributed by atoms with Crippen LogP contribution in [0.5, 0.6) is 0 Å². The van der Waals surface area contributed by atoms with E-state index in [-0.39, 0.29) is 18.0 Å². The fourth-order valence-electron chi connectivity index (χ4n) is 4.82. The molecule has 1 aliphatic rings. The van der Waals surface area contributed by atoms with Gasteiger partial charge < -0.3 is 21.5 Å². The number of halogens is 4. The second-order valence-electron chi connectivity index (χ2n) is 10.4. The molecule has 43 heavy (non-hydrogen) atoms. The van der Waals surface area contributed by atoms with Crippen LogP contribution in [0.2, 0.25) is 0 Å². The van der Waals surface area contributed by atoms with Crippen molar-refractivity contribution >= 4 is 17.7 Å². The lowest BCUT2D eigenvalue weighted by atomic mass is 9.80. The largest absolute Gasteiger partial charge is 0.445 e. The fourth-order valence-corrected chi connectivity index (χ4v) is 4.82. The van der Waals surface area contributed by atoms with Crippen LogP contribution in [0.15, 0.2) is 73.1 Å². The third-order valence-corrected chi connectivity index (χ3v) is 7.32. The minimum atomic E-state index is -4.87. The molecule has 1 saturated carbocycles. The molecule has 224 valence electrons. The summed E-state index contributed by atoms with van der Waals surface area (Å²) in [5, 5.41) is 5.99. The highest BCUT2D eigenvalue weighted by Gasteiger charge is 2.37. The molecular weight excluding hydrogens is 568 g/mol. The molecule has 5 N–H and O–H groups in total. The minimum Gasteiger partial charge on any atom is -0.445 e. The summed E-state index contributed by atoms with van der Waals surface area (Å²) in [4.78, 5) is 28.6. The number of pyridine rings is 1. The first-order valence-electron chi connectivity index (χ1n) is 13.4. The number of nitrogens with two attached hydrogens (primary N) is 2. The number of alkyl halides is 3. The third kappa shape index (κ3) is 6.83. The van der Waals surface area contributed by atoms with Gasteiger partial charge in [0, 0.05) is 18.5 Å². The van der Waals surface area contributed by atoms with E-state index in [0.29, 0.717) is 35.1 Å². The average Bonchev–Trinajstić information content (AvgIpc) is 3.70. The summed E-state index contributed by atoms with van der Waals surface area (Å²) in [6.45, 7) is -0.255. The zero-order chi connectivity index (χ0) is 30.8. The average molecular weight is 597 g/mol. The number of rotatable bonds is 10. The molecule has 1 aliphatic carbocycles. The molecule has 0 spiro atoms. The summed E-state index contributed by atoms with van der Waals surface area (Å²) < 4.78 is 61.6. The number of hydrogen-bond acceptors (Lipinski definition) is 6. The summed E-state index contributed by atoms with van der Waals surface area (Å²) in [6.07, 6.45) is 0.945. The van der Waals surface area contributed by atoms with E-state index in [1.54, 1.807) is 24.5 Å². The number of aromatic nitrogens is 3. The van der Waals surface area contributed by atoms with Crippen molar-refractivity contribution in [2.75, 3.05) is 5.32 Å². The van der Waals surface area contributed by atoms with Crippen LogP contribution in [-0.4, -0.2) is 26.8 Å². The van der Waals surface area contributed by atoms with E-state index in [9.17, 15) is 22.8 Å². The summed E-state index contributed by atoms with van der Waals surface area (Å²) in [6, 6.07) is 14.0. The lowest BCUT2D eigenvalue weighted by molar-refractivity contribution is -0.141. The Kier molecular flexibility index (Phi) is 8.18. The molecule has 0 saturated heterocycles. The van der Waals surface area contributed by atoms with Crippen molar-refractivity contribution in [3.05, 3.63) is 107 Å². The third-order valence-electron chi connectivity index (χ3n) is 7.32. The zero-order valence-corrected chi connectivity index (χ0v) is 22.8. The molecule has 2 amide bonds. The van der Waals surface area contributed by atoms with E-state index >= 15 is 4.39 Å². The molecule has 1 fully saturated rings. The number of primary amides is 1. The van der Waals surface area contributed by atoms with Crippen LogP contribution in [0.25, 0.3) is 5.69 Å². The molecular formula is C30H28F4N6O3. The van der Waals surface area contributed by atoms with E-state index in [1.807, 2.05) is 6.07 Å². The number of nitrogens with one attached hydrogen (secondary N) is 1. The van der Waals surface area contributed by atoms with Gasteiger partial charge in [-0.05, 0) is 65.8 Å². The van der Waals surface area contributed by atoms with Crippen LogP contribution in [0, 0.1) is 11.7 Å². The Morgan fingerprint density at radius 2 is 1.84 bits per heavy atom. The Morgan fingerprint density at radius 3 is 2.51 bits per heavy atom. The smallest absolute Gasteiger partial charge is 0.435 e. The van der Waals surface area contributed by atoms with Gasteiger partial charge in [0.25, 0.3) is 5.91 Å². The van der Waals surface area contributed by atoms with E-state index in [4.69, 9.17) is 16.2 Å². The lowest BCUT2D eigenvalue weighted by Gasteiger charge is -2.31. The fraction of sp³-hybridized carbons (Fsp3) is 0.267. The highest BCUT2D eigenvalue weighted by atomic mass is 19.4. The van der Waals surface area contributed by atoms with Crippen molar-refractivity contribution < 1.29 is 31.9 Å². The molecule has 13 heteroatoms. The first-order chi connectivity index (χ1) is 20.4. The van der Waals surface area contributed by atoms with Gasteiger partial charge in [0.1, 0.15) is 18.1 Å². The topological polar surface area (TPSA) is 138 Å². The van der Waals surface area contributed by atoms with Gasteiger partial charge in [-0.3, -0.25) is 9.78 Å². The molecule has 0 bridgehead atoms. The quantitative estimate of drug-likeness (QED) is 0.202. The summed E-state index contributed by atoms with van der Waals surface area (Å²) in [7, 11) is 0. The van der Waals surface area contributed by atoms with E-state index in [2.05, 4.69) is 15.4 Å².